The van der Waals surface area contributed by atoms with Crippen LogP contribution in [0, 0.1) is 0 Å². The molecule has 0 amide bonds. The fourth-order valence-corrected chi connectivity index (χ4v) is 3.88. The third kappa shape index (κ3) is 3.73. The Morgan fingerprint density at radius 2 is 1.48 bits per heavy atom. The molecule has 0 saturated carbocycles. The van der Waals surface area contributed by atoms with Crippen molar-refractivity contribution in [2.45, 2.75) is 4.90 Å². The van der Waals surface area contributed by atoms with Crippen molar-refractivity contribution in [2.24, 2.45) is 0 Å². The first-order valence-electron chi connectivity index (χ1n) is 8.76. The van der Waals surface area contributed by atoms with E-state index in [1.807, 2.05) is 30.5 Å². The molecule has 0 atom stereocenters. The average molecular weight is 404 g/mol. The minimum absolute atomic E-state index is 0.0244. The minimum Gasteiger partial charge on any atom is -0.354 e. The zero-order chi connectivity index (χ0) is 20.4. The fourth-order valence-electron chi connectivity index (χ4n) is 3.17. The number of nitrogens with one attached hydrogen (secondary N) is 1. The molecular formula is C22H16N2O4S. The van der Waals surface area contributed by atoms with Crippen LogP contribution in [0.25, 0.3) is 32.7 Å². The summed E-state index contributed by atoms with van der Waals surface area (Å²) in [6, 6.07) is 23.2. The zero-order valence-corrected chi connectivity index (χ0v) is 15.9. The molecule has 0 unspecified atom stereocenters. The second-order valence-corrected chi connectivity index (χ2v) is 7.74. The number of pyridine rings is 2. The molecule has 0 saturated heterocycles. The second-order valence-electron chi connectivity index (χ2n) is 6.35. The molecule has 144 valence electrons. The second kappa shape index (κ2) is 7.46. The minimum atomic E-state index is -4.44. The summed E-state index contributed by atoms with van der Waals surface area (Å²) in [6.45, 7) is 0. The first kappa shape index (κ1) is 18.8. The van der Waals surface area contributed by atoms with Crippen molar-refractivity contribution >= 4 is 42.8 Å². The van der Waals surface area contributed by atoms with Gasteiger partial charge < -0.3 is 4.98 Å². The number of rotatable bonds is 1. The number of nitrogens with zero attached hydrogens (tertiary/aromatic N) is 1. The number of hydrogen-bond acceptors (Lipinski definition) is 4. The molecule has 0 aliphatic carbocycles. The van der Waals surface area contributed by atoms with E-state index in [1.165, 1.54) is 17.5 Å². The molecule has 5 rings (SSSR count). The van der Waals surface area contributed by atoms with Crippen LogP contribution in [0.1, 0.15) is 0 Å². The number of H-pyrrole nitrogens is 1. The summed E-state index contributed by atoms with van der Waals surface area (Å²) in [5.74, 6) is 0. The summed E-state index contributed by atoms with van der Waals surface area (Å²) in [5.41, 5.74) is 1.63. The van der Waals surface area contributed by atoms with Crippen LogP contribution in [-0.2, 0) is 10.1 Å². The molecule has 2 N–H and O–H groups in total. The molecule has 0 radical (unpaired) electrons. The highest BCUT2D eigenvalue weighted by Crippen LogP contribution is 2.21. The number of aromatic nitrogens is 2. The van der Waals surface area contributed by atoms with Crippen LogP contribution in [0.5, 0.6) is 0 Å². The number of benzene rings is 3. The smallest absolute Gasteiger partial charge is 0.295 e. The van der Waals surface area contributed by atoms with Crippen molar-refractivity contribution in [3.05, 3.63) is 95.3 Å². The number of hydrogen-bond donors (Lipinski definition) is 2. The number of aromatic amines is 1. The first-order chi connectivity index (χ1) is 13.9. The van der Waals surface area contributed by atoms with Gasteiger partial charge in [0, 0.05) is 22.5 Å². The maximum atomic E-state index is 12.4. The predicted octanol–water partition coefficient (Wildman–Crippen LogP) is 4.16. The Balaban J connectivity index is 0.000000171. The molecule has 0 bridgehead atoms. The fraction of sp³-hybridized carbons (Fsp3) is 0. The lowest BCUT2D eigenvalue weighted by molar-refractivity contribution is 0.484. The first-order valence-corrected chi connectivity index (χ1v) is 10.2. The molecule has 29 heavy (non-hydrogen) atoms. The summed E-state index contributed by atoms with van der Waals surface area (Å²) in [5, 5.41) is 1.56. The van der Waals surface area contributed by atoms with Crippen molar-refractivity contribution in [1.82, 2.24) is 9.97 Å². The van der Waals surface area contributed by atoms with Gasteiger partial charge in [-0.05, 0) is 36.4 Å². The summed E-state index contributed by atoms with van der Waals surface area (Å²) in [4.78, 5) is 19.2. The Morgan fingerprint density at radius 3 is 2.28 bits per heavy atom. The molecule has 0 spiro atoms. The quantitative estimate of drug-likeness (QED) is 0.323. The topological polar surface area (TPSA) is 100 Å². The summed E-state index contributed by atoms with van der Waals surface area (Å²) in [7, 11) is -4.44. The van der Waals surface area contributed by atoms with E-state index < -0.39 is 15.5 Å². The van der Waals surface area contributed by atoms with Crippen molar-refractivity contribution in [3.8, 4) is 0 Å². The van der Waals surface area contributed by atoms with E-state index in [1.54, 1.807) is 30.3 Å². The molecule has 0 fully saturated rings. The monoisotopic (exact) mass is 404 g/mol. The molecule has 2 heterocycles. The van der Waals surface area contributed by atoms with Gasteiger partial charge in [-0.2, -0.15) is 8.42 Å². The van der Waals surface area contributed by atoms with Gasteiger partial charge in [0.15, 0.2) is 5.43 Å². The summed E-state index contributed by atoms with van der Waals surface area (Å²) >= 11 is 0. The van der Waals surface area contributed by atoms with Gasteiger partial charge in [-0.1, -0.05) is 42.5 Å². The van der Waals surface area contributed by atoms with E-state index in [0.717, 1.165) is 5.52 Å². The largest absolute Gasteiger partial charge is 0.354 e. The van der Waals surface area contributed by atoms with Crippen molar-refractivity contribution in [1.29, 1.82) is 0 Å². The average Bonchev–Trinajstić information content (AvgIpc) is 2.73. The van der Waals surface area contributed by atoms with Crippen LogP contribution in [0.4, 0.5) is 0 Å². The molecule has 6 nitrogen and oxygen atoms in total. The molecule has 2 aromatic heterocycles. The molecule has 7 heteroatoms. The third-order valence-electron chi connectivity index (χ3n) is 4.48. The molecular weight excluding hydrogens is 388 g/mol. The molecule has 0 aliphatic heterocycles. The van der Waals surface area contributed by atoms with Gasteiger partial charge in [0.2, 0.25) is 0 Å². The van der Waals surface area contributed by atoms with Crippen molar-refractivity contribution < 1.29 is 13.0 Å². The Hall–Kier alpha value is -3.55. The summed E-state index contributed by atoms with van der Waals surface area (Å²) in [6.07, 6.45) is 1.81. The van der Waals surface area contributed by atoms with Crippen molar-refractivity contribution in [3.63, 3.8) is 0 Å². The SMILES string of the molecule is O=c1c2ccccc2[nH]c2cccc(S(=O)(=O)O)c12.c1ccc2ncccc2c1. The lowest BCUT2D eigenvalue weighted by Gasteiger charge is -2.05. The predicted molar refractivity (Wildman–Crippen MR) is 114 cm³/mol. The van der Waals surface area contributed by atoms with E-state index in [-0.39, 0.29) is 10.3 Å². The summed E-state index contributed by atoms with van der Waals surface area (Å²) < 4.78 is 31.9. The molecule has 5 aromatic rings. The van der Waals surface area contributed by atoms with Crippen LogP contribution < -0.4 is 5.43 Å². The van der Waals surface area contributed by atoms with Crippen LogP contribution in [-0.4, -0.2) is 22.9 Å². The Bertz CT molecular complexity index is 1440. The van der Waals surface area contributed by atoms with Crippen LogP contribution in [0.15, 0.2) is 94.7 Å². The lowest BCUT2D eigenvalue weighted by atomic mass is 10.1. The van der Waals surface area contributed by atoms with E-state index in [0.29, 0.717) is 16.4 Å². The molecule has 0 aliphatic rings. The highest BCUT2D eigenvalue weighted by atomic mass is 32.2. The van der Waals surface area contributed by atoms with Gasteiger partial charge in [-0.25, -0.2) is 0 Å². The van der Waals surface area contributed by atoms with Crippen LogP contribution >= 0.6 is 0 Å². The standard InChI is InChI=1S/C13H9NO4S.C9H7N/c15-13-8-4-1-2-5-9(8)14-10-6-3-7-11(12(10)13)19(16,17)18;1-2-6-9-8(4-1)5-3-7-10-9/h1-7H,(H,14,15)(H,16,17,18);1-7H. The van der Waals surface area contributed by atoms with Crippen LogP contribution in [0.3, 0.4) is 0 Å². The van der Waals surface area contributed by atoms with E-state index in [9.17, 15) is 17.8 Å². The highest BCUT2D eigenvalue weighted by Gasteiger charge is 2.17. The highest BCUT2D eigenvalue weighted by molar-refractivity contribution is 7.86. The Labute approximate surface area is 166 Å². The van der Waals surface area contributed by atoms with Gasteiger partial charge in [0.25, 0.3) is 10.1 Å². The van der Waals surface area contributed by atoms with E-state index >= 15 is 0 Å². The third-order valence-corrected chi connectivity index (χ3v) is 5.38. The van der Waals surface area contributed by atoms with Gasteiger partial charge >= 0.3 is 0 Å². The lowest BCUT2D eigenvalue weighted by Crippen LogP contribution is -2.09. The number of para-hydroxylation sites is 2. The Kier molecular flexibility index (Phi) is 4.84. The zero-order valence-electron chi connectivity index (χ0n) is 15.1. The van der Waals surface area contributed by atoms with Gasteiger partial charge in [-0.15, -0.1) is 0 Å². The van der Waals surface area contributed by atoms with Gasteiger partial charge in [-0.3, -0.25) is 14.3 Å². The van der Waals surface area contributed by atoms with E-state index in [4.69, 9.17) is 0 Å². The van der Waals surface area contributed by atoms with Gasteiger partial charge in [0.05, 0.1) is 16.4 Å². The number of fused-ring (bicyclic) bond motifs is 3. The van der Waals surface area contributed by atoms with Crippen molar-refractivity contribution in [2.75, 3.05) is 0 Å². The van der Waals surface area contributed by atoms with E-state index in [2.05, 4.69) is 22.1 Å². The maximum Gasteiger partial charge on any atom is 0.295 e. The molecule has 3 aromatic carbocycles. The van der Waals surface area contributed by atoms with Crippen LogP contribution in [0.2, 0.25) is 0 Å². The Morgan fingerprint density at radius 1 is 0.793 bits per heavy atom. The van der Waals surface area contributed by atoms with Gasteiger partial charge in [0.1, 0.15) is 4.90 Å². The normalized spacial score (nSPS) is 11.3. The maximum absolute atomic E-state index is 12.4.